The Morgan fingerprint density at radius 1 is 0.950 bits per heavy atom. The fourth-order valence-electron chi connectivity index (χ4n) is 3.20. The molecule has 1 nitrogen and oxygen atoms in total. The molecule has 1 aliphatic rings. The summed E-state index contributed by atoms with van der Waals surface area (Å²) in [6.45, 7) is 0. The smallest absolute Gasteiger partial charge is 0.0459 e. The fraction of sp³-hybridized carbons (Fsp3) is 0.294. The summed E-state index contributed by atoms with van der Waals surface area (Å²) < 4.78 is 0. The van der Waals surface area contributed by atoms with Gasteiger partial charge in [0.25, 0.3) is 0 Å². The molecule has 0 heterocycles. The van der Waals surface area contributed by atoms with Gasteiger partial charge in [0.05, 0.1) is 0 Å². The van der Waals surface area contributed by atoms with Gasteiger partial charge in [-0.25, -0.2) is 0 Å². The van der Waals surface area contributed by atoms with E-state index in [4.69, 9.17) is 23.2 Å². The van der Waals surface area contributed by atoms with Crippen molar-refractivity contribution in [2.75, 3.05) is 7.05 Å². The Kier molecular flexibility index (Phi) is 4.02. The van der Waals surface area contributed by atoms with Gasteiger partial charge >= 0.3 is 0 Å². The maximum absolute atomic E-state index is 6.40. The van der Waals surface area contributed by atoms with Gasteiger partial charge in [0.15, 0.2) is 0 Å². The van der Waals surface area contributed by atoms with E-state index in [2.05, 4.69) is 35.6 Å². The molecular formula is C17H17Cl2N. The SMILES string of the molecule is CN[C@H]1CC[C@@H](c2ccc(Cl)cc2Cl)c2ccccc21. The van der Waals surface area contributed by atoms with Crippen LogP contribution in [0.3, 0.4) is 0 Å². The molecule has 0 unspecified atom stereocenters. The molecule has 2 aromatic rings. The highest BCUT2D eigenvalue weighted by molar-refractivity contribution is 6.35. The predicted octanol–water partition coefficient (Wildman–Crippen LogP) is 5.18. The topological polar surface area (TPSA) is 12.0 Å². The molecule has 0 aliphatic heterocycles. The first kappa shape index (κ1) is 13.9. The van der Waals surface area contributed by atoms with E-state index in [0.29, 0.717) is 17.0 Å². The summed E-state index contributed by atoms with van der Waals surface area (Å²) in [6, 6.07) is 14.9. The molecule has 0 fully saturated rings. The molecule has 0 bridgehead atoms. The Morgan fingerprint density at radius 3 is 2.40 bits per heavy atom. The van der Waals surface area contributed by atoms with Crippen LogP contribution in [0.4, 0.5) is 0 Å². The van der Waals surface area contributed by atoms with Crippen molar-refractivity contribution < 1.29 is 0 Å². The molecule has 20 heavy (non-hydrogen) atoms. The van der Waals surface area contributed by atoms with Crippen LogP contribution in [-0.4, -0.2) is 7.05 Å². The molecule has 1 N–H and O–H groups in total. The predicted molar refractivity (Wildman–Crippen MR) is 85.8 cm³/mol. The lowest BCUT2D eigenvalue weighted by molar-refractivity contribution is 0.471. The molecule has 1 aliphatic carbocycles. The van der Waals surface area contributed by atoms with E-state index >= 15 is 0 Å². The Bertz CT molecular complexity index is 624. The van der Waals surface area contributed by atoms with Gasteiger partial charge in [0, 0.05) is 22.0 Å². The van der Waals surface area contributed by atoms with Crippen molar-refractivity contribution in [2.24, 2.45) is 0 Å². The van der Waals surface area contributed by atoms with E-state index in [1.165, 1.54) is 16.7 Å². The van der Waals surface area contributed by atoms with E-state index in [1.54, 1.807) is 0 Å². The first-order chi connectivity index (χ1) is 9.70. The standard InChI is InChI=1S/C17H17Cl2N/c1-20-17-9-8-13(12-4-2-3-5-15(12)17)14-7-6-11(18)10-16(14)19/h2-7,10,13,17,20H,8-9H2,1H3/t13-,17+/m1/s1. The van der Waals surface area contributed by atoms with Crippen molar-refractivity contribution >= 4 is 23.2 Å². The van der Waals surface area contributed by atoms with Crippen molar-refractivity contribution in [3.63, 3.8) is 0 Å². The summed E-state index contributed by atoms with van der Waals surface area (Å²) in [7, 11) is 2.02. The number of nitrogens with one attached hydrogen (secondary N) is 1. The molecule has 2 atom stereocenters. The molecule has 0 aromatic heterocycles. The Hall–Kier alpha value is -1.02. The maximum atomic E-state index is 6.40. The van der Waals surface area contributed by atoms with Crippen molar-refractivity contribution in [3.8, 4) is 0 Å². The summed E-state index contributed by atoms with van der Waals surface area (Å²) in [5, 5.41) is 4.86. The number of hydrogen-bond donors (Lipinski definition) is 1. The van der Waals surface area contributed by atoms with Crippen molar-refractivity contribution in [1.29, 1.82) is 0 Å². The number of hydrogen-bond acceptors (Lipinski definition) is 1. The third-order valence-corrected chi connectivity index (χ3v) is 4.74. The van der Waals surface area contributed by atoms with Crippen LogP contribution in [0.2, 0.25) is 10.0 Å². The van der Waals surface area contributed by atoms with E-state index < -0.39 is 0 Å². The Morgan fingerprint density at radius 2 is 1.70 bits per heavy atom. The van der Waals surface area contributed by atoms with E-state index in [0.717, 1.165) is 17.9 Å². The first-order valence-corrected chi connectivity index (χ1v) is 7.67. The zero-order valence-electron chi connectivity index (χ0n) is 11.4. The minimum atomic E-state index is 0.362. The zero-order chi connectivity index (χ0) is 14.1. The van der Waals surface area contributed by atoms with Gasteiger partial charge in [0.1, 0.15) is 0 Å². The van der Waals surface area contributed by atoms with Crippen LogP contribution in [0, 0.1) is 0 Å². The highest BCUT2D eigenvalue weighted by Crippen LogP contribution is 2.43. The lowest BCUT2D eigenvalue weighted by Crippen LogP contribution is -2.24. The number of halogens is 2. The van der Waals surface area contributed by atoms with Crippen molar-refractivity contribution in [2.45, 2.75) is 24.8 Å². The van der Waals surface area contributed by atoms with Gasteiger partial charge < -0.3 is 5.32 Å². The van der Waals surface area contributed by atoms with Crippen LogP contribution >= 0.6 is 23.2 Å². The average molecular weight is 306 g/mol. The van der Waals surface area contributed by atoms with Crippen LogP contribution in [0.5, 0.6) is 0 Å². The average Bonchev–Trinajstić information content (AvgIpc) is 2.47. The number of benzene rings is 2. The van der Waals surface area contributed by atoms with Crippen molar-refractivity contribution in [1.82, 2.24) is 5.32 Å². The minimum absolute atomic E-state index is 0.362. The van der Waals surface area contributed by atoms with Crippen LogP contribution in [0.15, 0.2) is 42.5 Å². The Balaban J connectivity index is 2.07. The van der Waals surface area contributed by atoms with E-state index in [1.807, 2.05) is 19.2 Å². The third kappa shape index (κ3) is 2.46. The van der Waals surface area contributed by atoms with Gasteiger partial charge in [0.2, 0.25) is 0 Å². The normalized spacial score (nSPS) is 21.6. The molecule has 0 saturated heterocycles. The van der Waals surface area contributed by atoms with Crippen LogP contribution in [0.1, 0.15) is 41.5 Å². The largest absolute Gasteiger partial charge is 0.313 e. The van der Waals surface area contributed by atoms with Crippen LogP contribution in [-0.2, 0) is 0 Å². The van der Waals surface area contributed by atoms with Gasteiger partial charge in [-0.05, 0) is 48.7 Å². The minimum Gasteiger partial charge on any atom is -0.313 e. The molecule has 0 amide bonds. The van der Waals surface area contributed by atoms with E-state index in [-0.39, 0.29) is 0 Å². The van der Waals surface area contributed by atoms with Crippen LogP contribution in [0.25, 0.3) is 0 Å². The summed E-state index contributed by atoms with van der Waals surface area (Å²) in [5.74, 6) is 0.362. The molecule has 3 heteroatoms. The quantitative estimate of drug-likeness (QED) is 0.806. The lowest BCUT2D eigenvalue weighted by Gasteiger charge is -2.32. The van der Waals surface area contributed by atoms with Gasteiger partial charge in [-0.3, -0.25) is 0 Å². The lowest BCUT2D eigenvalue weighted by atomic mass is 9.77. The molecule has 2 aromatic carbocycles. The summed E-state index contributed by atoms with van der Waals surface area (Å²) in [4.78, 5) is 0. The second-order valence-electron chi connectivity index (χ2n) is 5.27. The molecular weight excluding hydrogens is 289 g/mol. The molecule has 0 saturated carbocycles. The highest BCUT2D eigenvalue weighted by atomic mass is 35.5. The van der Waals surface area contributed by atoms with Crippen LogP contribution < -0.4 is 5.32 Å². The number of rotatable bonds is 2. The third-order valence-electron chi connectivity index (χ3n) is 4.18. The maximum Gasteiger partial charge on any atom is 0.0459 e. The van der Waals surface area contributed by atoms with Gasteiger partial charge in [-0.1, -0.05) is 53.5 Å². The molecule has 104 valence electrons. The second-order valence-corrected chi connectivity index (χ2v) is 6.11. The van der Waals surface area contributed by atoms with Gasteiger partial charge in [-0.15, -0.1) is 0 Å². The molecule has 3 rings (SSSR count). The Labute approximate surface area is 129 Å². The monoisotopic (exact) mass is 305 g/mol. The highest BCUT2D eigenvalue weighted by Gasteiger charge is 2.28. The zero-order valence-corrected chi connectivity index (χ0v) is 12.9. The van der Waals surface area contributed by atoms with Gasteiger partial charge in [-0.2, -0.15) is 0 Å². The summed E-state index contributed by atoms with van der Waals surface area (Å²) in [6.07, 6.45) is 2.22. The first-order valence-electron chi connectivity index (χ1n) is 6.91. The fourth-order valence-corrected chi connectivity index (χ4v) is 3.74. The van der Waals surface area contributed by atoms with E-state index in [9.17, 15) is 0 Å². The molecule has 0 radical (unpaired) electrons. The van der Waals surface area contributed by atoms with Crippen molar-refractivity contribution in [3.05, 3.63) is 69.2 Å². The number of fused-ring (bicyclic) bond motifs is 1. The second kappa shape index (κ2) is 5.77. The summed E-state index contributed by atoms with van der Waals surface area (Å²) in [5.41, 5.74) is 3.94. The summed E-state index contributed by atoms with van der Waals surface area (Å²) >= 11 is 12.4. The molecule has 0 spiro atoms.